The summed E-state index contributed by atoms with van der Waals surface area (Å²) in [7, 11) is 0. The summed E-state index contributed by atoms with van der Waals surface area (Å²) in [5.41, 5.74) is 3.01. The number of ether oxygens (including phenoxy) is 1. The smallest absolute Gasteiger partial charge is 0.237 e. The lowest BCUT2D eigenvalue weighted by Gasteiger charge is -2.27. The molecule has 2 heterocycles. The predicted octanol–water partition coefficient (Wildman–Crippen LogP) is 2.87. The summed E-state index contributed by atoms with van der Waals surface area (Å²) in [6.07, 6.45) is 0. The van der Waals surface area contributed by atoms with Gasteiger partial charge in [0, 0.05) is 25.3 Å². The van der Waals surface area contributed by atoms with Crippen molar-refractivity contribution in [3.05, 3.63) is 29.3 Å². The van der Waals surface area contributed by atoms with Gasteiger partial charge in [-0.05, 0) is 38.8 Å². The lowest BCUT2D eigenvalue weighted by atomic mass is 10.1. The number of benzene rings is 1. The fraction of sp³-hybridized carbons (Fsp3) is 0.526. The molecule has 1 fully saturated rings. The molecule has 1 saturated heterocycles. The highest BCUT2D eigenvalue weighted by molar-refractivity contribution is 8.00. The number of morpholine rings is 1. The molecule has 27 heavy (non-hydrogen) atoms. The number of amides is 1. The Bertz CT molecular complexity index is 781. The van der Waals surface area contributed by atoms with Crippen LogP contribution in [0.25, 0.3) is 0 Å². The zero-order chi connectivity index (χ0) is 19.4. The van der Waals surface area contributed by atoms with Gasteiger partial charge in [0.2, 0.25) is 11.9 Å². The molecule has 1 aromatic carbocycles. The van der Waals surface area contributed by atoms with E-state index < -0.39 is 0 Å². The van der Waals surface area contributed by atoms with Crippen molar-refractivity contribution in [2.24, 2.45) is 0 Å². The highest BCUT2D eigenvalue weighted by Crippen LogP contribution is 2.27. The number of aromatic nitrogens is 3. The fourth-order valence-electron chi connectivity index (χ4n) is 3.09. The summed E-state index contributed by atoms with van der Waals surface area (Å²) in [6.45, 7) is 11.8. The zero-order valence-corrected chi connectivity index (χ0v) is 17.2. The highest BCUT2D eigenvalue weighted by atomic mass is 32.2. The maximum atomic E-state index is 12.7. The van der Waals surface area contributed by atoms with Gasteiger partial charge in [-0.3, -0.25) is 9.36 Å². The van der Waals surface area contributed by atoms with Crippen LogP contribution >= 0.6 is 11.8 Å². The standard InChI is InChI=1S/C19H27N5O2S/c1-5-24-18(23-9-11-26-12-10-23)21-22-19(24)27-15(4)17(25)20-16-13(2)7-6-8-14(16)3/h6-8,15H,5,9-12H2,1-4H3,(H,20,25)/t15-/m1/s1. The van der Waals surface area contributed by atoms with Crippen LogP contribution in [0.5, 0.6) is 0 Å². The van der Waals surface area contributed by atoms with Crippen LogP contribution in [0, 0.1) is 13.8 Å². The molecule has 0 bridgehead atoms. The molecule has 0 aliphatic carbocycles. The average Bonchev–Trinajstić information content (AvgIpc) is 3.07. The van der Waals surface area contributed by atoms with Crippen molar-refractivity contribution < 1.29 is 9.53 Å². The second-order valence-corrected chi connectivity index (χ2v) is 7.95. The number of carbonyl (C=O) groups is 1. The zero-order valence-electron chi connectivity index (χ0n) is 16.4. The number of hydrogen-bond acceptors (Lipinski definition) is 6. The molecule has 1 atom stereocenters. The fourth-order valence-corrected chi connectivity index (χ4v) is 4.00. The van der Waals surface area contributed by atoms with Gasteiger partial charge in [0.25, 0.3) is 0 Å². The number of nitrogens with zero attached hydrogens (tertiary/aromatic N) is 4. The van der Waals surface area contributed by atoms with Crippen molar-refractivity contribution >= 4 is 29.3 Å². The summed E-state index contributed by atoms with van der Waals surface area (Å²) in [6, 6.07) is 6.00. The number of hydrogen-bond donors (Lipinski definition) is 1. The Morgan fingerprint density at radius 2 is 1.93 bits per heavy atom. The van der Waals surface area contributed by atoms with Crippen molar-refractivity contribution in [1.29, 1.82) is 0 Å². The summed E-state index contributed by atoms with van der Waals surface area (Å²) >= 11 is 1.44. The van der Waals surface area contributed by atoms with E-state index in [9.17, 15) is 4.79 Å². The minimum atomic E-state index is -0.281. The van der Waals surface area contributed by atoms with E-state index in [4.69, 9.17) is 4.74 Å². The molecule has 1 amide bonds. The van der Waals surface area contributed by atoms with Crippen molar-refractivity contribution in [2.45, 2.75) is 44.6 Å². The largest absolute Gasteiger partial charge is 0.378 e. The molecule has 0 saturated carbocycles. The second kappa shape index (κ2) is 8.75. The number of nitrogens with one attached hydrogen (secondary N) is 1. The molecule has 8 heteroatoms. The first-order chi connectivity index (χ1) is 13.0. The molecule has 0 unspecified atom stereocenters. The number of aryl methyl sites for hydroxylation is 2. The summed E-state index contributed by atoms with van der Waals surface area (Å²) in [5.74, 6) is 0.821. The van der Waals surface area contributed by atoms with E-state index in [-0.39, 0.29) is 11.2 Å². The van der Waals surface area contributed by atoms with E-state index in [1.807, 2.05) is 39.0 Å². The quantitative estimate of drug-likeness (QED) is 0.766. The molecule has 0 spiro atoms. The molecular formula is C19H27N5O2S. The third-order valence-corrected chi connectivity index (χ3v) is 5.77. The van der Waals surface area contributed by atoms with E-state index in [2.05, 4.69) is 31.9 Å². The minimum Gasteiger partial charge on any atom is -0.378 e. The summed E-state index contributed by atoms with van der Waals surface area (Å²) < 4.78 is 7.48. The topological polar surface area (TPSA) is 72.3 Å². The first kappa shape index (κ1) is 19.7. The maximum absolute atomic E-state index is 12.7. The number of thioether (sulfide) groups is 1. The SMILES string of the molecule is CCn1c(S[C@H](C)C(=O)Nc2c(C)cccc2C)nnc1N1CCOCC1. The monoisotopic (exact) mass is 389 g/mol. The Morgan fingerprint density at radius 1 is 1.26 bits per heavy atom. The van der Waals surface area contributed by atoms with Gasteiger partial charge in [-0.15, -0.1) is 10.2 Å². The van der Waals surface area contributed by atoms with Gasteiger partial charge in [-0.1, -0.05) is 30.0 Å². The van der Waals surface area contributed by atoms with E-state index in [0.717, 1.165) is 47.6 Å². The molecule has 0 radical (unpaired) electrons. The van der Waals surface area contributed by atoms with Crippen LogP contribution in [-0.4, -0.2) is 52.2 Å². The van der Waals surface area contributed by atoms with Gasteiger partial charge < -0.3 is 15.0 Å². The van der Waals surface area contributed by atoms with Crippen LogP contribution in [-0.2, 0) is 16.1 Å². The van der Waals surface area contributed by atoms with Crippen LogP contribution in [0.3, 0.4) is 0 Å². The number of para-hydroxylation sites is 1. The van der Waals surface area contributed by atoms with Crippen LogP contribution in [0.2, 0.25) is 0 Å². The van der Waals surface area contributed by atoms with Crippen molar-refractivity contribution in [3.63, 3.8) is 0 Å². The van der Waals surface area contributed by atoms with Gasteiger partial charge in [0.1, 0.15) is 0 Å². The minimum absolute atomic E-state index is 0.0315. The Balaban J connectivity index is 1.71. The molecule has 7 nitrogen and oxygen atoms in total. The maximum Gasteiger partial charge on any atom is 0.237 e. The lowest BCUT2D eigenvalue weighted by molar-refractivity contribution is -0.115. The third kappa shape index (κ3) is 4.44. The van der Waals surface area contributed by atoms with E-state index >= 15 is 0 Å². The molecule has 1 aliphatic heterocycles. The van der Waals surface area contributed by atoms with Crippen LogP contribution < -0.4 is 10.2 Å². The van der Waals surface area contributed by atoms with Crippen molar-refractivity contribution in [1.82, 2.24) is 14.8 Å². The number of anilines is 2. The summed E-state index contributed by atoms with van der Waals surface area (Å²) in [5, 5.41) is 12.3. The van der Waals surface area contributed by atoms with Crippen LogP contribution in [0.15, 0.2) is 23.4 Å². The van der Waals surface area contributed by atoms with Gasteiger partial charge in [-0.2, -0.15) is 0 Å². The van der Waals surface area contributed by atoms with E-state index in [1.54, 1.807) is 0 Å². The normalized spacial score (nSPS) is 15.6. The lowest BCUT2D eigenvalue weighted by Crippen LogP contribution is -2.38. The predicted molar refractivity (Wildman–Crippen MR) is 109 cm³/mol. The van der Waals surface area contributed by atoms with Crippen molar-refractivity contribution in [3.8, 4) is 0 Å². The van der Waals surface area contributed by atoms with E-state index in [1.165, 1.54) is 11.8 Å². The molecule has 146 valence electrons. The molecular weight excluding hydrogens is 362 g/mol. The van der Waals surface area contributed by atoms with Crippen molar-refractivity contribution in [2.75, 3.05) is 36.5 Å². The Kier molecular flexibility index (Phi) is 6.38. The first-order valence-electron chi connectivity index (χ1n) is 9.31. The average molecular weight is 390 g/mol. The molecule has 1 aliphatic rings. The third-order valence-electron chi connectivity index (χ3n) is 4.69. The molecule has 2 aromatic rings. The van der Waals surface area contributed by atoms with Gasteiger partial charge in [-0.25, -0.2) is 0 Å². The summed E-state index contributed by atoms with van der Waals surface area (Å²) in [4.78, 5) is 14.9. The van der Waals surface area contributed by atoms with Gasteiger partial charge >= 0.3 is 0 Å². The Morgan fingerprint density at radius 3 is 2.56 bits per heavy atom. The molecule has 1 N–H and O–H groups in total. The first-order valence-corrected chi connectivity index (χ1v) is 10.2. The van der Waals surface area contributed by atoms with E-state index in [0.29, 0.717) is 13.2 Å². The van der Waals surface area contributed by atoms with Crippen LogP contribution in [0.1, 0.15) is 25.0 Å². The second-order valence-electron chi connectivity index (χ2n) is 6.64. The number of rotatable bonds is 6. The van der Waals surface area contributed by atoms with Gasteiger partial charge in [0.05, 0.1) is 18.5 Å². The highest BCUT2D eigenvalue weighted by Gasteiger charge is 2.23. The van der Waals surface area contributed by atoms with Gasteiger partial charge in [0.15, 0.2) is 5.16 Å². The molecule has 1 aromatic heterocycles. The Hall–Kier alpha value is -2.06. The number of carbonyl (C=O) groups excluding carboxylic acids is 1. The van der Waals surface area contributed by atoms with Crippen LogP contribution in [0.4, 0.5) is 11.6 Å². The molecule has 3 rings (SSSR count). The Labute approximate surface area is 164 Å².